The van der Waals surface area contributed by atoms with E-state index in [4.69, 9.17) is 4.99 Å². The van der Waals surface area contributed by atoms with Gasteiger partial charge in [0.25, 0.3) is 5.91 Å². The highest BCUT2D eigenvalue weighted by atomic mass is 79.9. The van der Waals surface area contributed by atoms with Crippen molar-refractivity contribution in [2.75, 3.05) is 13.1 Å². The number of hydrogen-bond donors (Lipinski definition) is 0. The first-order valence-electron chi connectivity index (χ1n) is 10.0. The summed E-state index contributed by atoms with van der Waals surface area (Å²) in [5.74, 6) is 1.15. The normalized spacial score (nSPS) is 23.9. The van der Waals surface area contributed by atoms with Crippen molar-refractivity contribution in [3.63, 3.8) is 0 Å². The lowest BCUT2D eigenvalue weighted by atomic mass is 9.84. The van der Waals surface area contributed by atoms with Gasteiger partial charge in [0, 0.05) is 17.6 Å². The molecule has 0 aromatic heterocycles. The Morgan fingerprint density at radius 2 is 1.79 bits per heavy atom. The van der Waals surface area contributed by atoms with Gasteiger partial charge in [0.15, 0.2) is 0 Å². The van der Waals surface area contributed by atoms with Gasteiger partial charge in [-0.3, -0.25) is 9.69 Å². The topological polar surface area (TPSA) is 35.9 Å². The molecule has 1 atom stereocenters. The van der Waals surface area contributed by atoms with Crippen LogP contribution in [0.5, 0.6) is 0 Å². The van der Waals surface area contributed by atoms with E-state index in [-0.39, 0.29) is 16.3 Å². The molecule has 28 heavy (non-hydrogen) atoms. The monoisotopic (exact) mass is 509 g/mol. The predicted molar refractivity (Wildman–Crippen MR) is 123 cm³/mol. The first-order valence-corrected chi connectivity index (χ1v) is 11.6. The van der Waals surface area contributed by atoms with Crippen LogP contribution in [0, 0.1) is 5.92 Å². The quantitative estimate of drug-likeness (QED) is 0.494. The largest absolute Gasteiger partial charge is 0.301 e. The third-order valence-corrected chi connectivity index (χ3v) is 8.34. The Bertz CT molecular complexity index is 767. The van der Waals surface area contributed by atoms with Gasteiger partial charge >= 0.3 is 0 Å². The van der Waals surface area contributed by atoms with E-state index in [9.17, 15) is 4.79 Å². The third kappa shape index (κ3) is 4.29. The van der Waals surface area contributed by atoms with Crippen LogP contribution >= 0.6 is 31.9 Å². The smallest absolute Gasteiger partial charge is 0.259 e. The van der Waals surface area contributed by atoms with E-state index in [0.29, 0.717) is 17.5 Å². The molecule has 1 aromatic rings. The second-order valence-electron chi connectivity index (χ2n) is 8.21. The number of benzene rings is 1. The minimum atomic E-state index is -0.338. The van der Waals surface area contributed by atoms with E-state index in [1.807, 2.05) is 44.2 Å². The fourth-order valence-electron chi connectivity index (χ4n) is 4.03. The van der Waals surface area contributed by atoms with Crippen molar-refractivity contribution >= 4 is 42.4 Å². The lowest BCUT2D eigenvalue weighted by Crippen LogP contribution is -2.45. The van der Waals surface area contributed by atoms with E-state index >= 15 is 0 Å². The van der Waals surface area contributed by atoms with E-state index in [0.717, 1.165) is 36.4 Å². The molecule has 0 radical (unpaired) electrons. The van der Waals surface area contributed by atoms with Crippen LogP contribution in [-0.2, 0) is 0 Å². The average molecular weight is 511 g/mol. The Morgan fingerprint density at radius 3 is 2.32 bits per heavy atom. The van der Waals surface area contributed by atoms with E-state index < -0.39 is 0 Å². The van der Waals surface area contributed by atoms with Crippen LogP contribution in [0.4, 0.5) is 0 Å². The van der Waals surface area contributed by atoms with Gasteiger partial charge in [-0.25, -0.2) is 4.99 Å². The molecule has 0 bridgehead atoms. The number of likely N-dealkylation sites (tertiary alicyclic amines) is 1. The highest BCUT2D eigenvalue weighted by Crippen LogP contribution is 2.45. The molecule has 1 aromatic carbocycles. The summed E-state index contributed by atoms with van der Waals surface area (Å²) in [4.78, 5) is 22.3. The van der Waals surface area contributed by atoms with Crippen molar-refractivity contribution in [2.45, 2.75) is 56.9 Å². The minimum absolute atomic E-state index is 0.0145. The van der Waals surface area contributed by atoms with Crippen molar-refractivity contribution in [3.8, 4) is 0 Å². The standard InChI is InChI=1S/C22H29Br2N3O/c1-15(2)26-12-10-18(11-13-26)22(24)14-19(25-21(22)23)27(16(3)4)20(28)17-8-6-5-7-9-17/h5-9,14-16,18H,10-13H2,1-4H3. The zero-order chi connectivity index (χ0) is 20.5. The van der Waals surface area contributed by atoms with Crippen molar-refractivity contribution in [1.29, 1.82) is 0 Å². The molecular weight excluding hydrogens is 482 g/mol. The number of hydrogen-bond acceptors (Lipinski definition) is 3. The van der Waals surface area contributed by atoms with E-state index in [1.54, 1.807) is 4.90 Å². The molecule has 152 valence electrons. The molecule has 6 heteroatoms. The summed E-state index contributed by atoms with van der Waals surface area (Å²) >= 11 is 7.69. The van der Waals surface area contributed by atoms with Gasteiger partial charge in [-0.15, -0.1) is 0 Å². The van der Waals surface area contributed by atoms with Crippen LogP contribution in [0.2, 0.25) is 0 Å². The Balaban J connectivity index is 1.85. The highest BCUT2D eigenvalue weighted by Gasteiger charge is 2.45. The van der Waals surface area contributed by atoms with Crippen LogP contribution < -0.4 is 0 Å². The summed E-state index contributed by atoms with van der Waals surface area (Å²) in [6.45, 7) is 10.8. The van der Waals surface area contributed by atoms with Crippen LogP contribution in [-0.4, -0.2) is 49.8 Å². The van der Waals surface area contributed by atoms with Crippen molar-refractivity contribution < 1.29 is 4.79 Å². The van der Waals surface area contributed by atoms with Crippen LogP contribution in [0.3, 0.4) is 0 Å². The Labute approximate surface area is 185 Å². The number of alkyl halides is 1. The second kappa shape index (κ2) is 8.80. The second-order valence-corrected chi connectivity index (χ2v) is 10.3. The van der Waals surface area contributed by atoms with Gasteiger partial charge in [-0.1, -0.05) is 34.1 Å². The van der Waals surface area contributed by atoms with Crippen LogP contribution in [0.25, 0.3) is 0 Å². The summed E-state index contributed by atoms with van der Waals surface area (Å²) in [7, 11) is 0. The summed E-state index contributed by atoms with van der Waals surface area (Å²) in [5.41, 5.74) is 0.681. The summed E-state index contributed by atoms with van der Waals surface area (Å²) in [6.07, 6.45) is 4.34. The predicted octanol–water partition coefficient (Wildman–Crippen LogP) is 5.44. The lowest BCUT2D eigenvalue weighted by molar-refractivity contribution is 0.0766. The maximum Gasteiger partial charge on any atom is 0.259 e. The van der Waals surface area contributed by atoms with Gasteiger partial charge in [-0.05, 0) is 93.7 Å². The third-order valence-electron chi connectivity index (χ3n) is 5.72. The average Bonchev–Trinajstić information content (AvgIpc) is 2.97. The molecule has 1 fully saturated rings. The highest BCUT2D eigenvalue weighted by molar-refractivity contribution is 9.20. The summed E-state index contributed by atoms with van der Waals surface area (Å²) in [6, 6.07) is 10.0. The minimum Gasteiger partial charge on any atom is -0.301 e. The molecule has 1 saturated heterocycles. The van der Waals surface area contributed by atoms with Gasteiger partial charge in [-0.2, -0.15) is 0 Å². The molecule has 1 amide bonds. The molecule has 2 heterocycles. The zero-order valence-corrected chi connectivity index (χ0v) is 20.2. The molecule has 4 nitrogen and oxygen atoms in total. The first kappa shape index (κ1) is 21.7. The molecule has 0 spiro atoms. The molecule has 0 N–H and O–H groups in total. The molecule has 1 unspecified atom stereocenters. The summed E-state index contributed by atoms with van der Waals surface area (Å²) < 4.78 is 0.527. The molecule has 0 aliphatic carbocycles. The summed E-state index contributed by atoms with van der Waals surface area (Å²) in [5, 5.41) is 0. The number of rotatable bonds is 5. The molecular formula is C22H29Br2N3O. The number of aliphatic imine (C=N–C) groups is 1. The number of halogens is 2. The van der Waals surface area contributed by atoms with Gasteiger partial charge in [0.2, 0.25) is 0 Å². The van der Waals surface area contributed by atoms with E-state index in [1.165, 1.54) is 0 Å². The zero-order valence-electron chi connectivity index (χ0n) is 17.0. The Kier molecular flexibility index (Phi) is 6.83. The maximum atomic E-state index is 13.2. The fraction of sp³-hybridized carbons (Fsp3) is 0.545. The fourth-order valence-corrected chi connectivity index (χ4v) is 5.41. The van der Waals surface area contributed by atoms with E-state index in [2.05, 4.69) is 56.7 Å². The number of carbonyl (C=O) groups excluding carboxylic acids is 1. The molecule has 3 rings (SSSR count). The first-order chi connectivity index (χ1) is 13.2. The Hall–Kier alpha value is -0.980. The lowest BCUT2D eigenvalue weighted by Gasteiger charge is -2.39. The molecule has 0 saturated carbocycles. The van der Waals surface area contributed by atoms with Crippen molar-refractivity contribution in [2.24, 2.45) is 10.9 Å². The van der Waals surface area contributed by atoms with Gasteiger partial charge < -0.3 is 4.90 Å². The van der Waals surface area contributed by atoms with Crippen LogP contribution in [0.15, 0.2) is 47.2 Å². The number of allylic oxidation sites excluding steroid dienone is 1. The SMILES string of the molecule is CC(C)N1CCC(C2(Br)C=C(N(C(=O)c3ccccc3)C(C)C)N=C2Br)CC1. The number of nitrogens with zero attached hydrogens (tertiary/aromatic N) is 3. The number of piperidine rings is 1. The van der Waals surface area contributed by atoms with Gasteiger partial charge in [0.1, 0.15) is 10.4 Å². The van der Waals surface area contributed by atoms with Gasteiger partial charge in [0.05, 0.1) is 4.32 Å². The molecule has 2 aliphatic rings. The Morgan fingerprint density at radius 1 is 1.18 bits per heavy atom. The maximum absolute atomic E-state index is 13.2. The molecule has 2 aliphatic heterocycles. The van der Waals surface area contributed by atoms with Crippen molar-refractivity contribution in [1.82, 2.24) is 9.80 Å². The van der Waals surface area contributed by atoms with Crippen LogP contribution in [0.1, 0.15) is 50.9 Å². The number of amides is 1. The van der Waals surface area contributed by atoms with Crippen molar-refractivity contribution in [3.05, 3.63) is 47.8 Å². The number of carbonyl (C=O) groups is 1.